The first-order valence-corrected chi connectivity index (χ1v) is 9.16. The van der Waals surface area contributed by atoms with E-state index in [4.69, 9.17) is 9.15 Å². The molecule has 0 aliphatic heterocycles. The number of guanidine groups is 1. The number of methoxy groups -OCH3 is 1. The van der Waals surface area contributed by atoms with Crippen molar-refractivity contribution in [2.75, 3.05) is 33.3 Å². The minimum absolute atomic E-state index is 0.0316. The molecule has 148 valence electrons. The number of aliphatic imine (C=N–C) groups is 1. The second-order valence-corrected chi connectivity index (χ2v) is 7.28. The van der Waals surface area contributed by atoms with Crippen LogP contribution in [0.3, 0.4) is 0 Å². The van der Waals surface area contributed by atoms with Gasteiger partial charge in [-0.25, -0.2) is 0 Å². The van der Waals surface area contributed by atoms with Crippen molar-refractivity contribution in [1.29, 1.82) is 0 Å². The van der Waals surface area contributed by atoms with Crippen molar-refractivity contribution in [3.63, 3.8) is 0 Å². The Morgan fingerprint density at radius 2 is 1.96 bits per heavy atom. The lowest BCUT2D eigenvalue weighted by molar-refractivity contribution is 0.0241. The Hall–Kier alpha value is -2.02. The van der Waals surface area contributed by atoms with Gasteiger partial charge in [0.15, 0.2) is 11.7 Å². The molecule has 0 aliphatic carbocycles. The Balaban J connectivity index is 2.38. The van der Waals surface area contributed by atoms with Gasteiger partial charge in [-0.2, -0.15) is 0 Å². The van der Waals surface area contributed by atoms with Crippen molar-refractivity contribution < 1.29 is 13.9 Å². The van der Waals surface area contributed by atoms with Gasteiger partial charge in [0.1, 0.15) is 0 Å². The number of amides is 1. The van der Waals surface area contributed by atoms with Gasteiger partial charge in [0.05, 0.1) is 18.9 Å². The normalized spacial score (nSPS) is 13.4. The molecule has 26 heavy (non-hydrogen) atoms. The Morgan fingerprint density at radius 1 is 1.27 bits per heavy atom. The summed E-state index contributed by atoms with van der Waals surface area (Å²) >= 11 is 0. The number of carbonyl (C=O) groups is 1. The van der Waals surface area contributed by atoms with Crippen LogP contribution < -0.4 is 16.0 Å². The summed E-state index contributed by atoms with van der Waals surface area (Å²) in [5.74, 6) is 0.953. The van der Waals surface area contributed by atoms with Gasteiger partial charge in [0, 0.05) is 32.3 Å². The van der Waals surface area contributed by atoms with Gasteiger partial charge in [0.25, 0.3) is 5.91 Å². The highest BCUT2D eigenvalue weighted by atomic mass is 16.5. The van der Waals surface area contributed by atoms with Crippen LogP contribution in [0.15, 0.2) is 21.7 Å². The number of aryl methyl sites for hydroxylation is 1. The van der Waals surface area contributed by atoms with Crippen molar-refractivity contribution in [1.82, 2.24) is 16.0 Å². The smallest absolute Gasteiger partial charge is 0.287 e. The van der Waals surface area contributed by atoms with Crippen molar-refractivity contribution in [2.24, 2.45) is 10.4 Å². The lowest BCUT2D eigenvalue weighted by atomic mass is 9.89. The van der Waals surface area contributed by atoms with Gasteiger partial charge >= 0.3 is 0 Å². The van der Waals surface area contributed by atoms with E-state index in [1.807, 2.05) is 13.8 Å². The Bertz CT molecular complexity index is 576. The summed E-state index contributed by atoms with van der Waals surface area (Å²) in [5.41, 5.74) is 0.873. The number of hydrogen-bond donors (Lipinski definition) is 3. The van der Waals surface area contributed by atoms with E-state index >= 15 is 0 Å². The highest BCUT2D eigenvalue weighted by Gasteiger charge is 2.24. The van der Waals surface area contributed by atoms with E-state index in [1.165, 1.54) is 6.26 Å². The Labute approximate surface area is 157 Å². The molecule has 1 unspecified atom stereocenters. The summed E-state index contributed by atoms with van der Waals surface area (Å²) in [6.45, 7) is 12.9. The molecule has 1 aromatic heterocycles. The van der Waals surface area contributed by atoms with Crippen LogP contribution in [0.4, 0.5) is 0 Å². The van der Waals surface area contributed by atoms with Crippen LogP contribution in [0.25, 0.3) is 0 Å². The van der Waals surface area contributed by atoms with Crippen molar-refractivity contribution in [2.45, 2.75) is 47.1 Å². The molecule has 1 rings (SSSR count). The minimum Gasteiger partial charge on any atom is -0.459 e. The lowest BCUT2D eigenvalue weighted by Gasteiger charge is -2.28. The van der Waals surface area contributed by atoms with Crippen LogP contribution in [-0.4, -0.2) is 51.3 Å². The number of nitrogens with one attached hydrogen (secondary N) is 3. The highest BCUT2D eigenvalue weighted by molar-refractivity contribution is 5.92. The van der Waals surface area contributed by atoms with E-state index in [-0.39, 0.29) is 17.4 Å². The summed E-state index contributed by atoms with van der Waals surface area (Å²) in [4.78, 5) is 16.6. The third-order valence-corrected chi connectivity index (χ3v) is 4.01. The monoisotopic (exact) mass is 366 g/mol. The number of furan rings is 1. The first-order chi connectivity index (χ1) is 12.3. The largest absolute Gasteiger partial charge is 0.459 e. The molecule has 1 amide bonds. The van der Waals surface area contributed by atoms with Crippen LogP contribution in [0.5, 0.6) is 0 Å². The molecule has 1 heterocycles. The molecule has 3 N–H and O–H groups in total. The molecule has 0 saturated heterocycles. The maximum absolute atomic E-state index is 12.0. The van der Waals surface area contributed by atoms with Crippen LogP contribution >= 0.6 is 0 Å². The zero-order chi connectivity index (χ0) is 19.6. The summed E-state index contributed by atoms with van der Waals surface area (Å²) in [5, 5.41) is 9.36. The molecule has 0 saturated carbocycles. The second kappa shape index (κ2) is 10.9. The predicted molar refractivity (Wildman–Crippen MR) is 105 cm³/mol. The van der Waals surface area contributed by atoms with Crippen LogP contribution in [-0.2, 0) is 4.74 Å². The van der Waals surface area contributed by atoms with Gasteiger partial charge in [0.2, 0.25) is 0 Å². The van der Waals surface area contributed by atoms with Crippen LogP contribution in [0.2, 0.25) is 0 Å². The summed E-state index contributed by atoms with van der Waals surface area (Å²) in [6, 6.07) is 1.78. The number of nitrogens with zero attached hydrogens (tertiary/aromatic N) is 1. The van der Waals surface area contributed by atoms with Gasteiger partial charge < -0.3 is 25.1 Å². The van der Waals surface area contributed by atoms with Gasteiger partial charge in [-0.05, 0) is 31.7 Å². The minimum atomic E-state index is -0.179. The van der Waals surface area contributed by atoms with Gasteiger partial charge in [-0.15, -0.1) is 0 Å². The highest BCUT2D eigenvalue weighted by Crippen LogP contribution is 2.21. The molecule has 0 fully saturated rings. The zero-order valence-electron chi connectivity index (χ0n) is 16.9. The molecule has 1 atom stereocenters. The summed E-state index contributed by atoms with van der Waals surface area (Å²) < 4.78 is 10.7. The van der Waals surface area contributed by atoms with Gasteiger partial charge in [-0.1, -0.05) is 20.8 Å². The summed E-state index contributed by atoms with van der Waals surface area (Å²) in [7, 11) is 1.72. The lowest BCUT2D eigenvalue weighted by Crippen LogP contribution is -2.40. The number of hydrogen-bond acceptors (Lipinski definition) is 4. The number of ether oxygens (including phenoxy) is 1. The average molecular weight is 367 g/mol. The van der Waals surface area contributed by atoms with E-state index in [0.29, 0.717) is 25.4 Å². The maximum atomic E-state index is 12.0. The molecule has 0 spiro atoms. The van der Waals surface area contributed by atoms with Crippen LogP contribution in [0, 0.1) is 12.3 Å². The van der Waals surface area contributed by atoms with E-state index in [0.717, 1.165) is 24.5 Å². The molecular formula is C19H34N4O3. The van der Waals surface area contributed by atoms with Gasteiger partial charge in [-0.3, -0.25) is 9.79 Å². The Kier molecular flexibility index (Phi) is 9.19. The molecule has 0 aliphatic rings. The van der Waals surface area contributed by atoms with Crippen molar-refractivity contribution >= 4 is 11.9 Å². The first kappa shape index (κ1) is 22.0. The SMILES string of the molecule is CCNC(=NCC(OC)C(C)(C)C)NCCCNC(=O)c1occc1C. The quantitative estimate of drug-likeness (QED) is 0.355. The average Bonchev–Trinajstić information content (AvgIpc) is 2.99. The van der Waals surface area contributed by atoms with Crippen LogP contribution in [0.1, 0.15) is 50.2 Å². The molecule has 7 nitrogen and oxygen atoms in total. The zero-order valence-corrected chi connectivity index (χ0v) is 16.9. The predicted octanol–water partition coefficient (Wildman–Crippen LogP) is 2.32. The topological polar surface area (TPSA) is 87.9 Å². The maximum Gasteiger partial charge on any atom is 0.287 e. The van der Waals surface area contributed by atoms with Crippen molar-refractivity contribution in [3.8, 4) is 0 Å². The number of carbonyl (C=O) groups excluding carboxylic acids is 1. The van der Waals surface area contributed by atoms with E-state index in [1.54, 1.807) is 13.2 Å². The van der Waals surface area contributed by atoms with E-state index < -0.39 is 0 Å². The molecular weight excluding hydrogens is 332 g/mol. The standard InChI is InChI=1S/C19H34N4O3/c1-7-20-18(23-13-15(25-6)19(3,4)5)22-11-8-10-21-17(24)16-14(2)9-12-26-16/h9,12,15H,7-8,10-11,13H2,1-6H3,(H,21,24)(H2,20,22,23). The van der Waals surface area contributed by atoms with E-state index in [9.17, 15) is 4.79 Å². The van der Waals surface area contributed by atoms with Crippen molar-refractivity contribution in [3.05, 3.63) is 23.7 Å². The molecule has 0 radical (unpaired) electrons. The second-order valence-electron chi connectivity index (χ2n) is 7.28. The number of rotatable bonds is 9. The third kappa shape index (κ3) is 7.47. The molecule has 0 aromatic carbocycles. The molecule has 0 bridgehead atoms. The fourth-order valence-corrected chi connectivity index (χ4v) is 2.40. The third-order valence-electron chi connectivity index (χ3n) is 4.01. The first-order valence-electron chi connectivity index (χ1n) is 9.16. The fourth-order valence-electron chi connectivity index (χ4n) is 2.40. The molecule has 1 aromatic rings. The Morgan fingerprint density at radius 3 is 2.50 bits per heavy atom. The fraction of sp³-hybridized carbons (Fsp3) is 0.684. The van der Waals surface area contributed by atoms with E-state index in [2.05, 4.69) is 41.7 Å². The molecule has 7 heteroatoms. The summed E-state index contributed by atoms with van der Waals surface area (Å²) in [6.07, 6.45) is 2.35.